The highest BCUT2D eigenvalue weighted by Gasteiger charge is 2.14. The molecule has 6 heteroatoms. The van der Waals surface area contributed by atoms with Gasteiger partial charge in [0, 0.05) is 12.1 Å². The topological polar surface area (TPSA) is 30.5 Å². The Bertz CT molecular complexity index is 735. The second-order valence-electron chi connectivity index (χ2n) is 6.69. The van der Waals surface area contributed by atoms with Crippen LogP contribution in [0.3, 0.4) is 0 Å². The van der Waals surface area contributed by atoms with Gasteiger partial charge in [-0.15, -0.1) is 0 Å². The van der Waals surface area contributed by atoms with Crippen LogP contribution in [0.15, 0.2) is 30.3 Å². The summed E-state index contributed by atoms with van der Waals surface area (Å²) < 4.78 is 25.1. The first-order chi connectivity index (χ1) is 13.6. The van der Waals surface area contributed by atoms with Crippen molar-refractivity contribution in [1.29, 1.82) is 0 Å². The van der Waals surface area contributed by atoms with Crippen molar-refractivity contribution in [3.8, 4) is 11.5 Å². The summed E-state index contributed by atoms with van der Waals surface area (Å²) in [6.45, 7) is 3.85. The van der Waals surface area contributed by atoms with Crippen LogP contribution >= 0.6 is 23.2 Å². The maximum absolute atomic E-state index is 13.9. The lowest BCUT2D eigenvalue weighted by Gasteiger charge is -2.15. The largest absolute Gasteiger partial charge is 0.493 e. The number of halogens is 3. The second-order valence-corrected chi connectivity index (χ2v) is 7.50. The number of nitrogens with one attached hydrogen (secondary N) is 1. The molecule has 0 unspecified atom stereocenters. The Morgan fingerprint density at radius 1 is 1.04 bits per heavy atom. The fraction of sp³-hybridized carbons (Fsp3) is 0.455. The van der Waals surface area contributed by atoms with Gasteiger partial charge in [-0.1, -0.05) is 61.9 Å². The predicted octanol–water partition coefficient (Wildman–Crippen LogP) is 6.78. The van der Waals surface area contributed by atoms with Gasteiger partial charge in [-0.05, 0) is 42.8 Å². The molecule has 1 N–H and O–H groups in total. The van der Waals surface area contributed by atoms with E-state index in [0.717, 1.165) is 18.5 Å². The summed E-state index contributed by atoms with van der Waals surface area (Å²) in [7, 11) is 1.56. The molecule has 0 bridgehead atoms. The average Bonchev–Trinajstić information content (AvgIpc) is 2.67. The lowest BCUT2D eigenvalue weighted by atomic mass is 10.1. The number of hydrogen-bond acceptors (Lipinski definition) is 3. The van der Waals surface area contributed by atoms with Crippen LogP contribution in [0, 0.1) is 5.82 Å². The summed E-state index contributed by atoms with van der Waals surface area (Å²) in [5, 5.41) is 4.16. The van der Waals surface area contributed by atoms with Crippen molar-refractivity contribution in [1.82, 2.24) is 5.32 Å². The molecule has 2 aromatic carbocycles. The lowest BCUT2D eigenvalue weighted by molar-refractivity contribution is 0.280. The van der Waals surface area contributed by atoms with E-state index in [1.165, 1.54) is 31.7 Å². The van der Waals surface area contributed by atoms with E-state index in [2.05, 4.69) is 12.2 Å². The van der Waals surface area contributed by atoms with Crippen molar-refractivity contribution in [2.75, 3.05) is 13.7 Å². The molecule has 0 fully saturated rings. The zero-order chi connectivity index (χ0) is 20.4. The van der Waals surface area contributed by atoms with Gasteiger partial charge in [0.25, 0.3) is 0 Å². The minimum absolute atomic E-state index is 0.0308. The molecule has 154 valence electrons. The molecule has 0 aliphatic rings. The molecular weight excluding hydrogens is 400 g/mol. The molecule has 0 atom stereocenters. The molecular formula is C22H28Cl2FNO2. The molecule has 2 aromatic rings. The summed E-state index contributed by atoms with van der Waals surface area (Å²) in [4.78, 5) is 0. The maximum atomic E-state index is 13.9. The molecule has 0 radical (unpaired) electrons. The van der Waals surface area contributed by atoms with Crippen LogP contribution in [0.1, 0.15) is 50.2 Å². The molecule has 0 aliphatic carbocycles. The number of hydrogen-bond donors (Lipinski definition) is 1. The highest BCUT2D eigenvalue weighted by molar-refractivity contribution is 6.32. The van der Waals surface area contributed by atoms with E-state index in [1.807, 2.05) is 12.1 Å². The van der Waals surface area contributed by atoms with E-state index in [0.29, 0.717) is 28.1 Å². The average molecular weight is 428 g/mol. The van der Waals surface area contributed by atoms with Crippen LogP contribution in [0.2, 0.25) is 10.0 Å². The van der Waals surface area contributed by atoms with Crippen molar-refractivity contribution in [2.45, 2.75) is 52.2 Å². The highest BCUT2D eigenvalue weighted by atomic mass is 35.5. The van der Waals surface area contributed by atoms with Gasteiger partial charge in [-0.25, -0.2) is 4.39 Å². The Morgan fingerprint density at radius 3 is 2.54 bits per heavy atom. The number of ether oxygens (including phenoxy) is 2. The fourth-order valence-corrected chi connectivity index (χ4v) is 3.42. The Balaban J connectivity index is 1.95. The van der Waals surface area contributed by atoms with Gasteiger partial charge in [0.1, 0.15) is 12.4 Å². The first kappa shape index (κ1) is 22.8. The van der Waals surface area contributed by atoms with Crippen LogP contribution in [0.25, 0.3) is 0 Å². The van der Waals surface area contributed by atoms with E-state index in [9.17, 15) is 4.39 Å². The van der Waals surface area contributed by atoms with E-state index < -0.39 is 5.82 Å². The van der Waals surface area contributed by atoms with E-state index in [-0.39, 0.29) is 12.2 Å². The summed E-state index contributed by atoms with van der Waals surface area (Å²) in [5.41, 5.74) is 1.29. The minimum atomic E-state index is -0.414. The van der Waals surface area contributed by atoms with Gasteiger partial charge in [-0.3, -0.25) is 0 Å². The SMILES string of the molecule is CCCCCCCNCc1cc(Cl)c(OCc2c(F)cccc2Cl)c(OC)c1. The zero-order valence-electron chi connectivity index (χ0n) is 16.5. The fourth-order valence-electron chi connectivity index (χ4n) is 2.92. The quantitative estimate of drug-likeness (QED) is 0.378. The summed E-state index contributed by atoms with van der Waals surface area (Å²) in [6, 6.07) is 8.25. The second kappa shape index (κ2) is 12.2. The van der Waals surface area contributed by atoms with Crippen LogP contribution in [-0.4, -0.2) is 13.7 Å². The Labute approximate surface area is 177 Å². The molecule has 0 aromatic heterocycles. The Morgan fingerprint density at radius 2 is 1.82 bits per heavy atom. The molecule has 0 saturated heterocycles. The minimum Gasteiger partial charge on any atom is -0.493 e. The summed E-state index contributed by atoms with van der Waals surface area (Å²) in [5.74, 6) is 0.480. The van der Waals surface area contributed by atoms with Gasteiger partial charge in [0.15, 0.2) is 11.5 Å². The van der Waals surface area contributed by atoms with Gasteiger partial charge < -0.3 is 14.8 Å². The predicted molar refractivity (Wildman–Crippen MR) is 114 cm³/mol. The van der Waals surface area contributed by atoms with Crippen LogP contribution in [0.5, 0.6) is 11.5 Å². The van der Waals surface area contributed by atoms with E-state index >= 15 is 0 Å². The van der Waals surface area contributed by atoms with Crippen molar-refractivity contribution < 1.29 is 13.9 Å². The maximum Gasteiger partial charge on any atom is 0.180 e. The number of methoxy groups -OCH3 is 1. The van der Waals surface area contributed by atoms with Crippen LogP contribution < -0.4 is 14.8 Å². The Kier molecular flexibility index (Phi) is 9.89. The molecule has 2 rings (SSSR count). The molecule has 0 amide bonds. The van der Waals surface area contributed by atoms with Gasteiger partial charge in [-0.2, -0.15) is 0 Å². The Hall–Kier alpha value is -1.49. The van der Waals surface area contributed by atoms with Gasteiger partial charge in [0.2, 0.25) is 0 Å². The van der Waals surface area contributed by atoms with Crippen LogP contribution in [0.4, 0.5) is 4.39 Å². The van der Waals surface area contributed by atoms with Crippen molar-refractivity contribution >= 4 is 23.2 Å². The molecule has 0 aliphatic heterocycles. The van der Waals surface area contributed by atoms with Crippen molar-refractivity contribution in [3.05, 3.63) is 57.3 Å². The van der Waals surface area contributed by atoms with Gasteiger partial charge >= 0.3 is 0 Å². The zero-order valence-corrected chi connectivity index (χ0v) is 18.0. The third kappa shape index (κ3) is 6.84. The number of benzene rings is 2. The van der Waals surface area contributed by atoms with E-state index in [1.54, 1.807) is 19.2 Å². The molecule has 0 heterocycles. The highest BCUT2D eigenvalue weighted by Crippen LogP contribution is 2.37. The standard InChI is InChI=1S/C22H28Cl2FNO2/c1-3-4-5-6-7-11-26-14-16-12-19(24)22(21(13-16)27-2)28-15-17-18(23)9-8-10-20(17)25/h8-10,12-13,26H,3-7,11,14-15H2,1-2H3. The van der Waals surface area contributed by atoms with Gasteiger partial charge in [0.05, 0.1) is 17.2 Å². The third-order valence-electron chi connectivity index (χ3n) is 4.50. The lowest BCUT2D eigenvalue weighted by Crippen LogP contribution is -2.14. The first-order valence-corrected chi connectivity index (χ1v) is 10.4. The summed E-state index contributed by atoms with van der Waals surface area (Å²) >= 11 is 12.4. The number of rotatable bonds is 12. The molecule has 28 heavy (non-hydrogen) atoms. The molecule has 0 saturated carbocycles. The smallest absolute Gasteiger partial charge is 0.180 e. The first-order valence-electron chi connectivity index (χ1n) is 9.69. The molecule has 3 nitrogen and oxygen atoms in total. The normalized spacial score (nSPS) is 10.9. The number of unbranched alkanes of at least 4 members (excludes halogenated alkanes) is 4. The third-order valence-corrected chi connectivity index (χ3v) is 5.13. The van der Waals surface area contributed by atoms with Crippen molar-refractivity contribution in [2.24, 2.45) is 0 Å². The summed E-state index contributed by atoms with van der Waals surface area (Å²) in [6.07, 6.45) is 6.25. The van der Waals surface area contributed by atoms with Crippen LogP contribution in [-0.2, 0) is 13.2 Å². The van der Waals surface area contributed by atoms with Crippen molar-refractivity contribution in [3.63, 3.8) is 0 Å². The molecule has 0 spiro atoms. The van der Waals surface area contributed by atoms with E-state index in [4.69, 9.17) is 32.7 Å². The monoisotopic (exact) mass is 427 g/mol.